The molecule has 0 aromatic heterocycles. The molecule has 26 heavy (non-hydrogen) atoms. The molecule has 0 spiro atoms. The first-order valence-electron chi connectivity index (χ1n) is 11.2. The number of thioether (sulfide) groups is 1. The van der Waals surface area contributed by atoms with E-state index in [-0.39, 0.29) is 5.91 Å². The second-order valence-electron chi connectivity index (χ2n) is 7.76. The van der Waals surface area contributed by atoms with E-state index in [2.05, 4.69) is 31.2 Å². The molecule has 0 unspecified atom stereocenters. The van der Waals surface area contributed by atoms with Crippen molar-refractivity contribution in [1.82, 2.24) is 10.2 Å². The van der Waals surface area contributed by atoms with Gasteiger partial charge in [-0.3, -0.25) is 4.79 Å². The lowest BCUT2D eigenvalue weighted by Crippen LogP contribution is -2.27. The second-order valence-corrected chi connectivity index (χ2v) is 8.98. The Hall–Kier alpha value is -0.220. The Bertz CT molecular complexity index is 298. The molecular formula is C22H46N2OS. The van der Waals surface area contributed by atoms with Crippen molar-refractivity contribution in [1.29, 1.82) is 0 Å². The van der Waals surface area contributed by atoms with Gasteiger partial charge in [-0.25, -0.2) is 0 Å². The maximum absolute atomic E-state index is 11.7. The van der Waals surface area contributed by atoms with Crippen LogP contribution in [0.5, 0.6) is 0 Å². The summed E-state index contributed by atoms with van der Waals surface area (Å²) in [7, 11) is 4.13. The number of unbranched alkanes of at least 4 members (excludes halogenated alkanes) is 11. The minimum absolute atomic E-state index is 0.214. The van der Waals surface area contributed by atoms with Crippen LogP contribution in [0.3, 0.4) is 0 Å². The average molecular weight is 387 g/mol. The van der Waals surface area contributed by atoms with E-state index < -0.39 is 0 Å². The average Bonchev–Trinajstić information content (AvgIpc) is 2.62. The Morgan fingerprint density at radius 3 is 1.85 bits per heavy atom. The zero-order valence-corrected chi connectivity index (χ0v) is 18.8. The zero-order valence-electron chi connectivity index (χ0n) is 18.0. The third-order valence-electron chi connectivity index (χ3n) is 4.72. The fourth-order valence-corrected chi connectivity index (χ4v) is 3.97. The van der Waals surface area contributed by atoms with Gasteiger partial charge in [0, 0.05) is 18.7 Å². The highest BCUT2D eigenvalue weighted by Gasteiger charge is 2.01. The number of carbonyl (C=O) groups excluding carboxylic acids is 1. The summed E-state index contributed by atoms with van der Waals surface area (Å²) in [5, 5.41) is 3.01. The molecule has 0 heterocycles. The van der Waals surface area contributed by atoms with Crippen LogP contribution in [0.1, 0.15) is 96.8 Å². The number of hydrogen-bond donors (Lipinski definition) is 1. The van der Waals surface area contributed by atoms with Gasteiger partial charge in [0.25, 0.3) is 0 Å². The van der Waals surface area contributed by atoms with E-state index in [9.17, 15) is 4.79 Å². The normalized spacial score (nSPS) is 11.2. The molecule has 0 aromatic carbocycles. The van der Waals surface area contributed by atoms with Crippen molar-refractivity contribution in [2.75, 3.05) is 38.7 Å². The highest BCUT2D eigenvalue weighted by atomic mass is 32.2. The van der Waals surface area contributed by atoms with Crippen LogP contribution in [0.25, 0.3) is 0 Å². The summed E-state index contributed by atoms with van der Waals surface area (Å²) >= 11 is 1.94. The Kier molecular flexibility index (Phi) is 20.9. The van der Waals surface area contributed by atoms with Gasteiger partial charge in [-0.1, -0.05) is 77.6 Å². The molecule has 0 aromatic rings. The van der Waals surface area contributed by atoms with Crippen molar-refractivity contribution >= 4 is 17.7 Å². The number of rotatable bonds is 20. The van der Waals surface area contributed by atoms with E-state index in [0.29, 0.717) is 6.42 Å². The third kappa shape index (κ3) is 21.8. The first-order valence-corrected chi connectivity index (χ1v) is 12.3. The molecule has 0 radical (unpaired) electrons. The Morgan fingerprint density at radius 2 is 1.31 bits per heavy atom. The largest absolute Gasteiger partial charge is 0.356 e. The molecule has 156 valence electrons. The maximum atomic E-state index is 11.7. The highest BCUT2D eigenvalue weighted by Crippen LogP contribution is 2.13. The Morgan fingerprint density at radius 1 is 0.769 bits per heavy atom. The van der Waals surface area contributed by atoms with E-state index in [1.54, 1.807) is 0 Å². The van der Waals surface area contributed by atoms with Gasteiger partial charge in [0.05, 0.1) is 0 Å². The third-order valence-corrected chi connectivity index (χ3v) is 5.79. The number of amides is 1. The van der Waals surface area contributed by atoms with Gasteiger partial charge in [0.2, 0.25) is 5.91 Å². The van der Waals surface area contributed by atoms with E-state index >= 15 is 0 Å². The molecule has 4 heteroatoms. The van der Waals surface area contributed by atoms with E-state index in [0.717, 1.165) is 25.3 Å². The second kappa shape index (κ2) is 21.1. The van der Waals surface area contributed by atoms with Crippen LogP contribution in [-0.4, -0.2) is 49.5 Å². The first kappa shape index (κ1) is 25.8. The number of carbonyl (C=O) groups is 1. The van der Waals surface area contributed by atoms with Crippen molar-refractivity contribution in [3.8, 4) is 0 Å². The molecule has 0 aliphatic heterocycles. The lowest BCUT2D eigenvalue weighted by Gasteiger charge is -2.09. The van der Waals surface area contributed by atoms with Crippen LogP contribution in [0.4, 0.5) is 0 Å². The molecule has 0 atom stereocenters. The summed E-state index contributed by atoms with van der Waals surface area (Å²) < 4.78 is 0. The molecule has 0 fully saturated rings. The quantitative estimate of drug-likeness (QED) is 0.265. The van der Waals surface area contributed by atoms with Crippen LogP contribution in [-0.2, 0) is 4.79 Å². The fourth-order valence-electron chi connectivity index (χ4n) is 3.02. The minimum Gasteiger partial charge on any atom is -0.356 e. The lowest BCUT2D eigenvalue weighted by molar-refractivity contribution is -0.120. The van der Waals surface area contributed by atoms with Crippen LogP contribution >= 0.6 is 11.8 Å². The zero-order chi connectivity index (χ0) is 19.3. The van der Waals surface area contributed by atoms with Gasteiger partial charge < -0.3 is 10.2 Å². The summed E-state index contributed by atoms with van der Waals surface area (Å²) in [5.41, 5.74) is 0. The predicted molar refractivity (Wildman–Crippen MR) is 119 cm³/mol. The molecule has 0 aliphatic rings. The molecule has 3 nitrogen and oxygen atoms in total. The predicted octanol–water partition coefficient (Wildman–Crippen LogP) is 5.88. The number of nitrogens with zero attached hydrogens (tertiary/aromatic N) is 1. The lowest BCUT2D eigenvalue weighted by atomic mass is 10.1. The van der Waals surface area contributed by atoms with Gasteiger partial charge in [0.1, 0.15) is 0 Å². The van der Waals surface area contributed by atoms with E-state index in [4.69, 9.17) is 0 Å². The minimum atomic E-state index is 0.214. The van der Waals surface area contributed by atoms with Crippen LogP contribution < -0.4 is 5.32 Å². The molecule has 0 saturated heterocycles. The Balaban J connectivity index is 3.11. The topological polar surface area (TPSA) is 32.3 Å². The summed E-state index contributed by atoms with van der Waals surface area (Å²) in [6, 6.07) is 0. The van der Waals surface area contributed by atoms with Crippen molar-refractivity contribution in [2.24, 2.45) is 0 Å². The van der Waals surface area contributed by atoms with Gasteiger partial charge in [-0.15, -0.1) is 0 Å². The van der Waals surface area contributed by atoms with Crippen molar-refractivity contribution in [2.45, 2.75) is 96.8 Å². The smallest absolute Gasteiger partial charge is 0.220 e. The highest BCUT2D eigenvalue weighted by molar-refractivity contribution is 7.99. The van der Waals surface area contributed by atoms with E-state index in [1.165, 1.54) is 82.8 Å². The SMILES string of the molecule is CCCCCCCCCCCCCCSCCC(=O)NCCCN(C)C. The molecule has 1 amide bonds. The Labute approximate surface area is 168 Å². The van der Waals surface area contributed by atoms with Gasteiger partial charge >= 0.3 is 0 Å². The fraction of sp³-hybridized carbons (Fsp3) is 0.955. The molecular weight excluding hydrogens is 340 g/mol. The van der Waals surface area contributed by atoms with Crippen LogP contribution in [0.15, 0.2) is 0 Å². The van der Waals surface area contributed by atoms with Crippen LogP contribution in [0.2, 0.25) is 0 Å². The van der Waals surface area contributed by atoms with Crippen LogP contribution in [0, 0.1) is 0 Å². The van der Waals surface area contributed by atoms with Crippen molar-refractivity contribution < 1.29 is 4.79 Å². The van der Waals surface area contributed by atoms with Crippen molar-refractivity contribution in [3.05, 3.63) is 0 Å². The van der Waals surface area contributed by atoms with Gasteiger partial charge in [-0.05, 0) is 39.2 Å². The molecule has 0 bridgehead atoms. The molecule has 1 N–H and O–H groups in total. The number of nitrogens with one attached hydrogen (secondary N) is 1. The summed E-state index contributed by atoms with van der Waals surface area (Å²) in [5.74, 6) is 2.40. The van der Waals surface area contributed by atoms with Crippen molar-refractivity contribution in [3.63, 3.8) is 0 Å². The first-order chi connectivity index (χ1) is 12.7. The summed E-state index contributed by atoms with van der Waals surface area (Å²) in [6.07, 6.45) is 18.6. The standard InChI is InChI=1S/C22H46N2OS/c1-4-5-6-7-8-9-10-11-12-13-14-15-20-26-21-17-22(25)23-18-16-19-24(2)3/h4-21H2,1-3H3,(H,23,25). The molecule has 0 aliphatic carbocycles. The summed E-state index contributed by atoms with van der Waals surface area (Å²) in [6.45, 7) is 4.12. The van der Waals surface area contributed by atoms with E-state index in [1.807, 2.05) is 11.8 Å². The number of hydrogen-bond acceptors (Lipinski definition) is 3. The van der Waals surface area contributed by atoms with Gasteiger partial charge in [0.15, 0.2) is 0 Å². The monoisotopic (exact) mass is 386 g/mol. The molecule has 0 rings (SSSR count). The maximum Gasteiger partial charge on any atom is 0.220 e. The van der Waals surface area contributed by atoms with Gasteiger partial charge in [-0.2, -0.15) is 11.8 Å². The molecule has 0 saturated carbocycles. The summed E-state index contributed by atoms with van der Waals surface area (Å²) in [4.78, 5) is 13.8.